The van der Waals surface area contributed by atoms with Crippen molar-refractivity contribution in [1.29, 1.82) is 0 Å². The Morgan fingerprint density at radius 2 is 1.90 bits per heavy atom. The van der Waals surface area contributed by atoms with Gasteiger partial charge in [0.15, 0.2) is 0 Å². The number of benzene rings is 1. The third-order valence-electron chi connectivity index (χ3n) is 3.02. The van der Waals surface area contributed by atoms with Gasteiger partial charge >= 0.3 is 0 Å². The van der Waals surface area contributed by atoms with E-state index in [1.165, 1.54) is 5.56 Å². The third-order valence-corrected chi connectivity index (χ3v) is 3.71. The quantitative estimate of drug-likeness (QED) is 0.589. The van der Waals surface area contributed by atoms with Crippen molar-refractivity contribution in [2.75, 3.05) is 10.7 Å². The van der Waals surface area contributed by atoms with E-state index in [1.54, 1.807) is 0 Å². The summed E-state index contributed by atoms with van der Waals surface area (Å²) < 4.78 is 0.987. The van der Waals surface area contributed by atoms with Crippen molar-refractivity contribution >= 4 is 33.3 Å². The molecule has 0 radical (unpaired) electrons. The van der Waals surface area contributed by atoms with E-state index in [2.05, 4.69) is 49.6 Å². The second kappa shape index (κ2) is 6.19. The van der Waals surface area contributed by atoms with E-state index in [1.807, 2.05) is 26.0 Å². The topological polar surface area (TPSA) is 75.9 Å². The minimum Gasteiger partial charge on any atom is -0.339 e. The summed E-state index contributed by atoms with van der Waals surface area (Å²) in [6.45, 7) is 5.99. The van der Waals surface area contributed by atoms with Crippen LogP contribution in [0.25, 0.3) is 0 Å². The standard InChI is InChI=1S/C14H18BrN5/c1-4-12-18-13(9(3)14(19-12)20-16)17-11-7-8(2)5-6-10(11)15/h5-7H,4,16H2,1-3H3,(H2,17,18,19,20). The summed E-state index contributed by atoms with van der Waals surface area (Å²) in [7, 11) is 0. The first-order valence-electron chi connectivity index (χ1n) is 6.42. The molecule has 1 heterocycles. The molecule has 0 saturated heterocycles. The van der Waals surface area contributed by atoms with E-state index >= 15 is 0 Å². The number of aromatic nitrogens is 2. The molecule has 0 spiro atoms. The Morgan fingerprint density at radius 3 is 2.55 bits per heavy atom. The second-order valence-corrected chi connectivity index (χ2v) is 5.42. The highest BCUT2D eigenvalue weighted by molar-refractivity contribution is 9.10. The number of nitrogens with zero attached hydrogens (tertiary/aromatic N) is 2. The van der Waals surface area contributed by atoms with Crippen molar-refractivity contribution in [3.05, 3.63) is 39.6 Å². The lowest BCUT2D eigenvalue weighted by molar-refractivity contribution is 0.932. The first-order valence-corrected chi connectivity index (χ1v) is 7.21. The molecule has 0 atom stereocenters. The Hall–Kier alpha value is -1.66. The summed E-state index contributed by atoms with van der Waals surface area (Å²) in [6.07, 6.45) is 0.749. The second-order valence-electron chi connectivity index (χ2n) is 4.57. The molecular formula is C14H18BrN5. The molecule has 0 unspecified atom stereocenters. The highest BCUT2D eigenvalue weighted by Gasteiger charge is 2.11. The molecule has 0 aliphatic heterocycles. The van der Waals surface area contributed by atoms with Gasteiger partial charge in [0.1, 0.15) is 17.5 Å². The predicted octanol–water partition coefficient (Wildman–Crippen LogP) is 3.45. The number of rotatable bonds is 4. The van der Waals surface area contributed by atoms with Gasteiger partial charge in [-0.1, -0.05) is 13.0 Å². The normalized spacial score (nSPS) is 10.4. The molecule has 0 aliphatic rings. The fourth-order valence-electron chi connectivity index (χ4n) is 1.85. The molecule has 106 valence electrons. The van der Waals surface area contributed by atoms with Crippen molar-refractivity contribution in [3.63, 3.8) is 0 Å². The number of hydrogen-bond donors (Lipinski definition) is 3. The lowest BCUT2D eigenvalue weighted by atomic mass is 10.2. The van der Waals surface area contributed by atoms with Crippen LogP contribution in [0.2, 0.25) is 0 Å². The Labute approximate surface area is 127 Å². The zero-order chi connectivity index (χ0) is 14.7. The van der Waals surface area contributed by atoms with Crippen LogP contribution in [0.15, 0.2) is 22.7 Å². The molecule has 5 nitrogen and oxygen atoms in total. The average molecular weight is 336 g/mol. The fourth-order valence-corrected chi connectivity index (χ4v) is 2.19. The van der Waals surface area contributed by atoms with Gasteiger partial charge in [0.05, 0.1) is 5.69 Å². The zero-order valence-corrected chi connectivity index (χ0v) is 13.4. The molecule has 20 heavy (non-hydrogen) atoms. The number of nitrogens with two attached hydrogens (primary N) is 1. The van der Waals surface area contributed by atoms with E-state index in [-0.39, 0.29) is 0 Å². The van der Waals surface area contributed by atoms with Crippen LogP contribution in [-0.2, 0) is 6.42 Å². The van der Waals surface area contributed by atoms with Crippen molar-refractivity contribution in [1.82, 2.24) is 9.97 Å². The van der Waals surface area contributed by atoms with Crippen LogP contribution in [-0.4, -0.2) is 9.97 Å². The van der Waals surface area contributed by atoms with E-state index in [9.17, 15) is 0 Å². The lowest BCUT2D eigenvalue weighted by Crippen LogP contribution is -2.14. The maximum Gasteiger partial charge on any atom is 0.148 e. The summed E-state index contributed by atoms with van der Waals surface area (Å²) in [5.74, 6) is 7.66. The van der Waals surface area contributed by atoms with Crippen LogP contribution >= 0.6 is 15.9 Å². The molecule has 0 aliphatic carbocycles. The molecule has 0 fully saturated rings. The first-order chi connectivity index (χ1) is 9.55. The summed E-state index contributed by atoms with van der Waals surface area (Å²) in [5, 5.41) is 3.34. The molecule has 0 amide bonds. The van der Waals surface area contributed by atoms with Gasteiger partial charge in [0.25, 0.3) is 0 Å². The van der Waals surface area contributed by atoms with Crippen LogP contribution in [0, 0.1) is 13.8 Å². The highest BCUT2D eigenvalue weighted by Crippen LogP contribution is 2.29. The SMILES string of the molecule is CCc1nc(NN)c(C)c(Nc2cc(C)ccc2Br)n1. The van der Waals surface area contributed by atoms with Gasteiger partial charge in [0, 0.05) is 16.5 Å². The van der Waals surface area contributed by atoms with Gasteiger partial charge in [-0.3, -0.25) is 0 Å². The van der Waals surface area contributed by atoms with Gasteiger partial charge in [0.2, 0.25) is 0 Å². The minimum atomic E-state index is 0.642. The van der Waals surface area contributed by atoms with Crippen molar-refractivity contribution < 1.29 is 0 Å². The highest BCUT2D eigenvalue weighted by atomic mass is 79.9. The molecule has 1 aromatic carbocycles. The number of hydrogen-bond acceptors (Lipinski definition) is 5. The van der Waals surface area contributed by atoms with Gasteiger partial charge < -0.3 is 10.7 Å². The number of nitrogens with one attached hydrogen (secondary N) is 2. The van der Waals surface area contributed by atoms with E-state index in [4.69, 9.17) is 5.84 Å². The smallest absolute Gasteiger partial charge is 0.148 e. The first kappa shape index (κ1) is 14.7. The van der Waals surface area contributed by atoms with Crippen LogP contribution in [0.1, 0.15) is 23.9 Å². The predicted molar refractivity (Wildman–Crippen MR) is 86.1 cm³/mol. The fraction of sp³-hybridized carbons (Fsp3) is 0.286. The number of halogens is 1. The summed E-state index contributed by atoms with van der Waals surface area (Å²) in [4.78, 5) is 8.88. The average Bonchev–Trinajstić information content (AvgIpc) is 2.45. The van der Waals surface area contributed by atoms with E-state index in [0.717, 1.165) is 33.8 Å². The number of aryl methyl sites for hydroxylation is 2. The van der Waals surface area contributed by atoms with Gasteiger partial charge in [-0.2, -0.15) is 0 Å². The summed E-state index contributed by atoms with van der Waals surface area (Å²) in [6, 6.07) is 6.12. The van der Waals surface area contributed by atoms with Gasteiger partial charge in [-0.25, -0.2) is 15.8 Å². The van der Waals surface area contributed by atoms with Crippen LogP contribution < -0.4 is 16.6 Å². The van der Waals surface area contributed by atoms with Gasteiger partial charge in [-0.05, 0) is 47.5 Å². The molecule has 0 saturated carbocycles. The third kappa shape index (κ3) is 3.08. The monoisotopic (exact) mass is 335 g/mol. The molecule has 2 aromatic rings. The molecule has 2 rings (SSSR count). The Kier molecular flexibility index (Phi) is 4.57. The van der Waals surface area contributed by atoms with Crippen molar-refractivity contribution in [2.45, 2.75) is 27.2 Å². The van der Waals surface area contributed by atoms with E-state index < -0.39 is 0 Å². The maximum absolute atomic E-state index is 5.51. The largest absolute Gasteiger partial charge is 0.339 e. The molecule has 6 heteroatoms. The van der Waals surface area contributed by atoms with Crippen molar-refractivity contribution in [3.8, 4) is 0 Å². The summed E-state index contributed by atoms with van der Waals surface area (Å²) in [5.41, 5.74) is 5.65. The molecular weight excluding hydrogens is 318 g/mol. The number of nitrogen functional groups attached to an aromatic ring is 1. The Balaban J connectivity index is 2.44. The zero-order valence-electron chi connectivity index (χ0n) is 11.8. The maximum atomic E-state index is 5.51. The lowest BCUT2D eigenvalue weighted by Gasteiger charge is -2.14. The van der Waals surface area contributed by atoms with Crippen LogP contribution in [0.4, 0.5) is 17.3 Å². The minimum absolute atomic E-state index is 0.642. The van der Waals surface area contributed by atoms with Crippen molar-refractivity contribution in [2.24, 2.45) is 5.84 Å². The molecule has 4 N–H and O–H groups in total. The number of hydrazine groups is 1. The molecule has 1 aromatic heterocycles. The Morgan fingerprint density at radius 1 is 1.20 bits per heavy atom. The molecule has 0 bridgehead atoms. The van der Waals surface area contributed by atoms with Crippen LogP contribution in [0.3, 0.4) is 0 Å². The Bertz CT molecular complexity index is 627. The van der Waals surface area contributed by atoms with Gasteiger partial charge in [-0.15, -0.1) is 0 Å². The summed E-state index contributed by atoms with van der Waals surface area (Å²) >= 11 is 3.54. The van der Waals surface area contributed by atoms with E-state index in [0.29, 0.717) is 5.82 Å². The number of anilines is 3. The van der Waals surface area contributed by atoms with Crippen LogP contribution in [0.5, 0.6) is 0 Å².